The van der Waals surface area contributed by atoms with Crippen LogP contribution in [0.4, 0.5) is 16.0 Å². The standard InChI is InChI=1S/C26H30FN5O2/c1-17(33)30-25-28-15-19(16-29-25)23-14-20(27)13-22(24(23)34)18-6-5-7-21(12-18)31-8-10-32(11-9-31)26(2,3)4/h5-7,12-16,34H,8-11H2,1-4H3,(H,28,29,30,33). The lowest BCUT2D eigenvalue weighted by Gasteiger charge is -2.43. The molecule has 178 valence electrons. The molecule has 1 aliphatic rings. The number of nitrogens with zero attached hydrogens (tertiary/aromatic N) is 4. The van der Waals surface area contributed by atoms with Gasteiger partial charge in [-0.3, -0.25) is 15.0 Å². The summed E-state index contributed by atoms with van der Waals surface area (Å²) >= 11 is 0. The van der Waals surface area contributed by atoms with Gasteiger partial charge in [-0.1, -0.05) is 12.1 Å². The molecule has 1 aromatic heterocycles. The van der Waals surface area contributed by atoms with Crippen molar-refractivity contribution in [2.75, 3.05) is 36.4 Å². The molecule has 0 bridgehead atoms. The van der Waals surface area contributed by atoms with Crippen molar-refractivity contribution in [1.29, 1.82) is 0 Å². The number of piperazine rings is 1. The van der Waals surface area contributed by atoms with E-state index in [1.807, 2.05) is 24.3 Å². The number of benzene rings is 2. The molecule has 3 aromatic rings. The molecule has 2 N–H and O–H groups in total. The monoisotopic (exact) mass is 463 g/mol. The fraction of sp³-hybridized carbons (Fsp3) is 0.346. The van der Waals surface area contributed by atoms with Crippen molar-refractivity contribution in [2.24, 2.45) is 0 Å². The number of halogens is 1. The summed E-state index contributed by atoms with van der Waals surface area (Å²) in [4.78, 5) is 24.1. The van der Waals surface area contributed by atoms with Crippen LogP contribution in [0.3, 0.4) is 0 Å². The molecule has 0 unspecified atom stereocenters. The minimum Gasteiger partial charge on any atom is -0.507 e. The van der Waals surface area contributed by atoms with E-state index in [2.05, 4.69) is 45.9 Å². The number of hydrogen-bond acceptors (Lipinski definition) is 6. The molecule has 1 saturated heterocycles. The fourth-order valence-electron chi connectivity index (χ4n) is 4.23. The van der Waals surface area contributed by atoms with Gasteiger partial charge in [-0.2, -0.15) is 0 Å². The van der Waals surface area contributed by atoms with Crippen LogP contribution in [0.2, 0.25) is 0 Å². The van der Waals surface area contributed by atoms with Crippen LogP contribution in [-0.2, 0) is 4.79 Å². The summed E-state index contributed by atoms with van der Waals surface area (Å²) in [6.45, 7) is 11.8. The highest BCUT2D eigenvalue weighted by Crippen LogP contribution is 2.39. The minimum atomic E-state index is -0.474. The predicted molar refractivity (Wildman–Crippen MR) is 132 cm³/mol. The van der Waals surface area contributed by atoms with Gasteiger partial charge in [0, 0.05) is 73.4 Å². The highest BCUT2D eigenvalue weighted by molar-refractivity contribution is 5.87. The Balaban J connectivity index is 1.62. The second-order valence-corrected chi connectivity index (χ2v) is 9.52. The summed E-state index contributed by atoms with van der Waals surface area (Å²) in [6.07, 6.45) is 2.89. The molecule has 7 nitrogen and oxygen atoms in total. The van der Waals surface area contributed by atoms with Crippen molar-refractivity contribution in [3.8, 4) is 28.0 Å². The van der Waals surface area contributed by atoms with Crippen LogP contribution in [0.5, 0.6) is 5.75 Å². The van der Waals surface area contributed by atoms with Gasteiger partial charge in [-0.25, -0.2) is 14.4 Å². The van der Waals surface area contributed by atoms with Gasteiger partial charge in [0.2, 0.25) is 11.9 Å². The number of aromatic nitrogens is 2. The van der Waals surface area contributed by atoms with Crippen LogP contribution < -0.4 is 10.2 Å². The van der Waals surface area contributed by atoms with E-state index in [0.29, 0.717) is 11.1 Å². The normalized spacial score (nSPS) is 14.8. The van der Waals surface area contributed by atoms with Crippen molar-refractivity contribution < 1.29 is 14.3 Å². The van der Waals surface area contributed by atoms with Gasteiger partial charge in [-0.05, 0) is 50.6 Å². The third-order valence-corrected chi connectivity index (χ3v) is 6.08. The first kappa shape index (κ1) is 23.6. The predicted octanol–water partition coefficient (Wildman–Crippen LogP) is 4.53. The lowest BCUT2D eigenvalue weighted by Crippen LogP contribution is -2.53. The zero-order valence-corrected chi connectivity index (χ0v) is 20.0. The summed E-state index contributed by atoms with van der Waals surface area (Å²) in [6, 6.07) is 10.4. The van der Waals surface area contributed by atoms with Gasteiger partial charge in [0.1, 0.15) is 11.6 Å². The quantitative estimate of drug-likeness (QED) is 0.592. The number of phenolic OH excluding ortho intramolecular Hbond substituents is 1. The van der Waals surface area contributed by atoms with Crippen LogP contribution in [0.1, 0.15) is 27.7 Å². The third-order valence-electron chi connectivity index (χ3n) is 6.08. The number of carbonyl (C=O) groups is 1. The summed E-state index contributed by atoms with van der Waals surface area (Å²) in [5.41, 5.74) is 3.04. The first-order valence-corrected chi connectivity index (χ1v) is 11.3. The average molecular weight is 464 g/mol. The number of aromatic hydroxyl groups is 1. The Hall–Kier alpha value is -3.52. The number of nitrogens with one attached hydrogen (secondary N) is 1. The molecule has 4 rings (SSSR count). The van der Waals surface area contributed by atoms with Gasteiger partial charge in [0.25, 0.3) is 0 Å². The Morgan fingerprint density at radius 3 is 2.21 bits per heavy atom. The van der Waals surface area contributed by atoms with E-state index in [9.17, 15) is 14.3 Å². The second kappa shape index (κ2) is 9.38. The smallest absolute Gasteiger partial charge is 0.229 e. The number of phenols is 1. The Labute approximate surface area is 199 Å². The van der Waals surface area contributed by atoms with E-state index in [1.54, 1.807) is 0 Å². The van der Waals surface area contributed by atoms with Crippen molar-refractivity contribution in [1.82, 2.24) is 14.9 Å². The van der Waals surface area contributed by atoms with Gasteiger partial charge in [0.15, 0.2) is 0 Å². The number of amides is 1. The molecule has 0 saturated carbocycles. The second-order valence-electron chi connectivity index (χ2n) is 9.52. The van der Waals surface area contributed by atoms with Gasteiger partial charge in [0.05, 0.1) is 0 Å². The molecule has 2 heterocycles. The Bertz CT molecular complexity index is 1180. The summed E-state index contributed by atoms with van der Waals surface area (Å²) in [5.74, 6) is -0.667. The lowest BCUT2D eigenvalue weighted by molar-refractivity contribution is -0.114. The highest BCUT2D eigenvalue weighted by Gasteiger charge is 2.26. The molecule has 1 amide bonds. The van der Waals surface area contributed by atoms with E-state index >= 15 is 0 Å². The van der Waals surface area contributed by atoms with Crippen molar-refractivity contribution in [3.63, 3.8) is 0 Å². The van der Waals surface area contributed by atoms with Gasteiger partial charge >= 0.3 is 0 Å². The number of rotatable bonds is 4. The summed E-state index contributed by atoms with van der Waals surface area (Å²) in [5, 5.41) is 13.5. The number of anilines is 2. The largest absolute Gasteiger partial charge is 0.507 e. The topological polar surface area (TPSA) is 81.6 Å². The number of carbonyl (C=O) groups excluding carboxylic acids is 1. The van der Waals surface area contributed by atoms with E-state index in [-0.39, 0.29) is 28.7 Å². The maximum atomic E-state index is 14.6. The lowest BCUT2D eigenvalue weighted by atomic mass is 9.97. The SMILES string of the molecule is CC(=O)Nc1ncc(-c2cc(F)cc(-c3cccc(N4CCN(C(C)(C)C)CC4)c3)c2O)cn1. The van der Waals surface area contributed by atoms with Gasteiger partial charge in [-0.15, -0.1) is 0 Å². The van der Waals surface area contributed by atoms with Crippen LogP contribution in [0.25, 0.3) is 22.3 Å². The first-order chi connectivity index (χ1) is 16.1. The van der Waals surface area contributed by atoms with E-state index in [1.165, 1.54) is 31.5 Å². The first-order valence-electron chi connectivity index (χ1n) is 11.3. The molecule has 0 aliphatic carbocycles. The Kier molecular flexibility index (Phi) is 6.52. The molecule has 2 aromatic carbocycles. The maximum absolute atomic E-state index is 14.6. The summed E-state index contributed by atoms with van der Waals surface area (Å²) < 4.78 is 14.6. The van der Waals surface area contributed by atoms with Crippen molar-refractivity contribution in [3.05, 3.63) is 54.6 Å². The van der Waals surface area contributed by atoms with Crippen molar-refractivity contribution in [2.45, 2.75) is 33.2 Å². The van der Waals surface area contributed by atoms with Crippen LogP contribution in [0, 0.1) is 5.82 Å². The fourth-order valence-corrected chi connectivity index (χ4v) is 4.23. The molecular weight excluding hydrogens is 433 g/mol. The molecule has 0 radical (unpaired) electrons. The zero-order valence-electron chi connectivity index (χ0n) is 20.0. The van der Waals surface area contributed by atoms with E-state index in [0.717, 1.165) is 37.4 Å². The third kappa shape index (κ3) is 5.17. The maximum Gasteiger partial charge on any atom is 0.229 e. The minimum absolute atomic E-state index is 0.0491. The molecule has 8 heteroatoms. The molecule has 1 fully saturated rings. The Morgan fingerprint density at radius 1 is 1.00 bits per heavy atom. The molecule has 34 heavy (non-hydrogen) atoms. The molecule has 0 atom stereocenters. The Morgan fingerprint density at radius 2 is 1.62 bits per heavy atom. The van der Waals surface area contributed by atoms with Gasteiger partial charge < -0.3 is 10.0 Å². The van der Waals surface area contributed by atoms with E-state index < -0.39 is 5.82 Å². The average Bonchev–Trinajstić information content (AvgIpc) is 2.80. The van der Waals surface area contributed by atoms with Crippen LogP contribution >= 0.6 is 0 Å². The molecular formula is C26H30FN5O2. The van der Waals surface area contributed by atoms with Crippen LogP contribution in [0.15, 0.2) is 48.8 Å². The summed E-state index contributed by atoms with van der Waals surface area (Å²) in [7, 11) is 0. The van der Waals surface area contributed by atoms with Crippen molar-refractivity contribution >= 4 is 17.5 Å². The zero-order chi connectivity index (χ0) is 24.5. The highest BCUT2D eigenvalue weighted by atomic mass is 19.1. The molecule has 0 spiro atoms. The molecule has 1 aliphatic heterocycles. The van der Waals surface area contributed by atoms with E-state index in [4.69, 9.17) is 0 Å². The number of hydrogen-bond donors (Lipinski definition) is 2. The van der Waals surface area contributed by atoms with Crippen LogP contribution in [-0.4, -0.2) is 57.6 Å².